The van der Waals surface area contributed by atoms with Crippen LogP contribution >= 0.6 is 0 Å². The van der Waals surface area contributed by atoms with Crippen LogP contribution in [0.1, 0.15) is 12.8 Å². The van der Waals surface area contributed by atoms with Crippen LogP contribution in [-0.2, 0) is 9.53 Å². The van der Waals surface area contributed by atoms with E-state index in [9.17, 15) is 4.79 Å². The quantitative estimate of drug-likeness (QED) is 0.478. The van der Waals surface area contributed by atoms with E-state index in [0.717, 1.165) is 6.42 Å². The van der Waals surface area contributed by atoms with Gasteiger partial charge in [0.05, 0.1) is 0 Å². The van der Waals surface area contributed by atoms with E-state index >= 15 is 0 Å². The van der Waals surface area contributed by atoms with E-state index in [-0.39, 0.29) is 5.78 Å². The van der Waals surface area contributed by atoms with Crippen molar-refractivity contribution < 1.29 is 14.7 Å². The van der Waals surface area contributed by atoms with E-state index in [1.807, 2.05) is 0 Å². The Morgan fingerprint density at radius 3 is 3.00 bits per heavy atom. The molecule has 0 radical (unpaired) electrons. The van der Waals surface area contributed by atoms with Gasteiger partial charge in [0.15, 0.2) is 12.0 Å². The number of ether oxygens (including phenoxy) is 1. The molecular formula is C5H9NO3. The first-order chi connectivity index (χ1) is 4.34. The van der Waals surface area contributed by atoms with Crippen molar-refractivity contribution in [3.8, 4) is 0 Å². The highest BCUT2D eigenvalue weighted by atomic mass is 16.6. The van der Waals surface area contributed by atoms with Gasteiger partial charge in [0, 0.05) is 13.0 Å². The minimum absolute atomic E-state index is 0.0799. The molecule has 1 heterocycles. The molecule has 4 heteroatoms. The van der Waals surface area contributed by atoms with Crippen LogP contribution in [0.3, 0.4) is 0 Å². The van der Waals surface area contributed by atoms with Crippen LogP contribution in [-0.4, -0.2) is 23.8 Å². The molecule has 0 aromatic carbocycles. The molecule has 9 heavy (non-hydrogen) atoms. The number of nitrogens with one attached hydrogen (secondary N) is 1. The summed E-state index contributed by atoms with van der Waals surface area (Å²) in [4.78, 5) is 10.7. The second-order valence-electron chi connectivity index (χ2n) is 1.95. The summed E-state index contributed by atoms with van der Waals surface area (Å²) in [5.41, 5.74) is 1.78. The van der Waals surface area contributed by atoms with Crippen LogP contribution in [0, 0.1) is 0 Å². The van der Waals surface area contributed by atoms with Crippen molar-refractivity contribution in [2.24, 2.45) is 0 Å². The average molecular weight is 131 g/mol. The molecule has 1 rings (SSSR count). The molecule has 0 aromatic rings. The molecule has 0 bridgehead atoms. The molecule has 1 atom stereocenters. The van der Waals surface area contributed by atoms with Gasteiger partial charge in [-0.15, -0.1) is 0 Å². The monoisotopic (exact) mass is 131 g/mol. The van der Waals surface area contributed by atoms with Gasteiger partial charge in [0.25, 0.3) is 0 Å². The molecule has 1 aliphatic rings. The first-order valence-electron chi connectivity index (χ1n) is 2.88. The number of Topliss-reactive ketones (excluding diaryl/α,β-unsaturated/α-hetero) is 1. The van der Waals surface area contributed by atoms with Gasteiger partial charge in [-0.2, -0.15) is 5.48 Å². The lowest BCUT2D eigenvalue weighted by Crippen LogP contribution is -2.40. The van der Waals surface area contributed by atoms with Gasteiger partial charge in [-0.05, 0) is 6.42 Å². The Hall–Kier alpha value is -0.450. The normalized spacial score (nSPS) is 28.6. The first-order valence-corrected chi connectivity index (χ1v) is 2.88. The van der Waals surface area contributed by atoms with E-state index in [2.05, 4.69) is 0 Å². The third-order valence-electron chi connectivity index (χ3n) is 1.26. The van der Waals surface area contributed by atoms with E-state index in [1.54, 1.807) is 5.48 Å². The first kappa shape index (κ1) is 6.67. The van der Waals surface area contributed by atoms with E-state index in [0.29, 0.717) is 13.0 Å². The van der Waals surface area contributed by atoms with Crippen LogP contribution in [0.5, 0.6) is 0 Å². The minimum Gasteiger partial charge on any atom is -0.354 e. The Kier molecular flexibility index (Phi) is 2.16. The number of hydrogen-bond acceptors (Lipinski definition) is 4. The highest BCUT2D eigenvalue weighted by Crippen LogP contribution is 2.05. The third kappa shape index (κ3) is 1.48. The van der Waals surface area contributed by atoms with Crippen molar-refractivity contribution in [1.82, 2.24) is 5.48 Å². The van der Waals surface area contributed by atoms with Gasteiger partial charge < -0.3 is 9.94 Å². The van der Waals surface area contributed by atoms with Gasteiger partial charge in [0.1, 0.15) is 0 Å². The molecule has 0 saturated carbocycles. The summed E-state index contributed by atoms with van der Waals surface area (Å²) in [5.74, 6) is -0.0799. The topological polar surface area (TPSA) is 58.6 Å². The molecule has 2 N–H and O–H groups in total. The summed E-state index contributed by atoms with van der Waals surface area (Å²) in [7, 11) is 0. The van der Waals surface area contributed by atoms with Gasteiger partial charge in [-0.25, -0.2) is 0 Å². The Morgan fingerprint density at radius 2 is 2.56 bits per heavy atom. The van der Waals surface area contributed by atoms with Crippen LogP contribution in [0.15, 0.2) is 0 Å². The summed E-state index contributed by atoms with van der Waals surface area (Å²) in [6, 6.07) is 0. The fraction of sp³-hybridized carbons (Fsp3) is 0.800. The molecule has 1 fully saturated rings. The molecule has 0 aromatic heterocycles. The zero-order valence-electron chi connectivity index (χ0n) is 4.96. The Labute approximate surface area is 52.8 Å². The number of carbonyl (C=O) groups excluding carboxylic acids is 1. The lowest BCUT2D eigenvalue weighted by Gasteiger charge is -2.18. The van der Waals surface area contributed by atoms with Crippen LogP contribution in [0.2, 0.25) is 0 Å². The fourth-order valence-electron chi connectivity index (χ4n) is 0.781. The van der Waals surface area contributed by atoms with E-state index in [4.69, 9.17) is 9.94 Å². The standard InChI is InChI=1S/C5H9NO3/c7-4-2-1-3-9-5(4)6-8/h5-6,8H,1-3H2. The van der Waals surface area contributed by atoms with Crippen LogP contribution < -0.4 is 5.48 Å². The minimum atomic E-state index is -0.779. The van der Waals surface area contributed by atoms with Gasteiger partial charge in [-0.1, -0.05) is 0 Å². The zero-order chi connectivity index (χ0) is 6.69. The summed E-state index contributed by atoms with van der Waals surface area (Å²) >= 11 is 0. The van der Waals surface area contributed by atoms with E-state index in [1.165, 1.54) is 0 Å². The summed E-state index contributed by atoms with van der Waals surface area (Å²) in [5, 5.41) is 8.27. The maximum atomic E-state index is 10.7. The predicted octanol–water partition coefficient (Wildman–Crippen LogP) is -0.329. The van der Waals surface area contributed by atoms with Gasteiger partial charge >= 0.3 is 0 Å². The molecule has 4 nitrogen and oxygen atoms in total. The van der Waals surface area contributed by atoms with Gasteiger partial charge in [-0.3, -0.25) is 4.79 Å². The highest BCUT2D eigenvalue weighted by molar-refractivity contribution is 5.82. The summed E-state index contributed by atoms with van der Waals surface area (Å²) < 4.78 is 4.83. The molecule has 0 amide bonds. The Balaban J connectivity index is 2.39. The molecule has 1 saturated heterocycles. The predicted molar refractivity (Wildman–Crippen MR) is 28.9 cm³/mol. The Morgan fingerprint density at radius 1 is 1.78 bits per heavy atom. The van der Waals surface area contributed by atoms with Crippen molar-refractivity contribution >= 4 is 5.78 Å². The lowest BCUT2D eigenvalue weighted by atomic mass is 10.2. The summed E-state index contributed by atoms with van der Waals surface area (Å²) in [6.07, 6.45) is 0.480. The molecule has 1 unspecified atom stereocenters. The maximum Gasteiger partial charge on any atom is 0.188 e. The largest absolute Gasteiger partial charge is 0.354 e. The average Bonchev–Trinajstić information content (AvgIpc) is 1.89. The smallest absolute Gasteiger partial charge is 0.188 e. The number of carbonyl (C=O) groups is 1. The van der Waals surface area contributed by atoms with Crippen molar-refractivity contribution in [2.75, 3.05) is 6.61 Å². The second-order valence-corrected chi connectivity index (χ2v) is 1.95. The van der Waals surface area contributed by atoms with Crippen LogP contribution in [0.25, 0.3) is 0 Å². The molecular weight excluding hydrogens is 122 g/mol. The number of hydrogen-bond donors (Lipinski definition) is 2. The molecule has 0 aliphatic carbocycles. The fourth-order valence-corrected chi connectivity index (χ4v) is 0.781. The maximum absolute atomic E-state index is 10.7. The third-order valence-corrected chi connectivity index (χ3v) is 1.26. The second kappa shape index (κ2) is 2.91. The zero-order valence-corrected chi connectivity index (χ0v) is 4.96. The van der Waals surface area contributed by atoms with Crippen molar-refractivity contribution in [2.45, 2.75) is 19.1 Å². The number of rotatable bonds is 1. The SMILES string of the molecule is O=C1CCCOC1NO. The number of ketones is 1. The molecule has 52 valence electrons. The van der Waals surface area contributed by atoms with Crippen LogP contribution in [0.4, 0.5) is 0 Å². The highest BCUT2D eigenvalue weighted by Gasteiger charge is 2.21. The summed E-state index contributed by atoms with van der Waals surface area (Å²) in [6.45, 7) is 0.546. The van der Waals surface area contributed by atoms with Gasteiger partial charge in [0.2, 0.25) is 0 Å². The van der Waals surface area contributed by atoms with Crippen molar-refractivity contribution in [3.63, 3.8) is 0 Å². The van der Waals surface area contributed by atoms with E-state index < -0.39 is 6.23 Å². The Bertz CT molecular complexity index is 115. The lowest BCUT2D eigenvalue weighted by molar-refractivity contribution is -0.147. The number of hydroxylamine groups is 1. The van der Waals surface area contributed by atoms with Crippen molar-refractivity contribution in [3.05, 3.63) is 0 Å². The molecule has 0 spiro atoms. The molecule has 1 aliphatic heterocycles. The van der Waals surface area contributed by atoms with Crippen molar-refractivity contribution in [1.29, 1.82) is 0 Å².